The van der Waals surface area contributed by atoms with Crippen LogP contribution in [0.5, 0.6) is 5.75 Å². The first-order valence-corrected chi connectivity index (χ1v) is 8.84. The fourth-order valence-electron chi connectivity index (χ4n) is 2.92. The third-order valence-electron chi connectivity index (χ3n) is 4.39. The van der Waals surface area contributed by atoms with Crippen molar-refractivity contribution in [3.63, 3.8) is 0 Å². The molecule has 0 aliphatic carbocycles. The Labute approximate surface area is 149 Å². The van der Waals surface area contributed by atoms with E-state index in [0.29, 0.717) is 19.6 Å². The van der Waals surface area contributed by atoms with Gasteiger partial charge in [-0.1, -0.05) is 0 Å². The smallest absolute Gasteiger partial charge is 0.239 e. The highest BCUT2D eigenvalue weighted by Crippen LogP contribution is 2.19. The molecular weight excluding hydrogens is 320 g/mol. The van der Waals surface area contributed by atoms with Gasteiger partial charge in [0.15, 0.2) is 0 Å². The standard InChI is InChI=1S/C18H28N4O3/c1-3-19-17(24)13-21(4-2)18(25)14-20-9-11-22(12-10-20)15-5-7-16(23)8-6-15/h5-8,23H,3-4,9-14H2,1-2H3,(H,19,24). The number of piperazine rings is 1. The fourth-order valence-corrected chi connectivity index (χ4v) is 2.92. The number of carbonyl (C=O) groups excluding carboxylic acids is 2. The summed E-state index contributed by atoms with van der Waals surface area (Å²) in [5.74, 6) is 0.140. The van der Waals surface area contributed by atoms with E-state index in [4.69, 9.17) is 0 Å². The number of phenols is 1. The van der Waals surface area contributed by atoms with Gasteiger partial charge in [-0.25, -0.2) is 0 Å². The fraction of sp³-hybridized carbons (Fsp3) is 0.556. The van der Waals surface area contributed by atoms with Crippen LogP contribution in [0.25, 0.3) is 0 Å². The van der Waals surface area contributed by atoms with Crippen molar-refractivity contribution in [2.24, 2.45) is 0 Å². The van der Waals surface area contributed by atoms with Gasteiger partial charge in [-0.3, -0.25) is 14.5 Å². The molecule has 1 aromatic carbocycles. The van der Waals surface area contributed by atoms with E-state index < -0.39 is 0 Å². The van der Waals surface area contributed by atoms with Crippen molar-refractivity contribution in [1.82, 2.24) is 15.1 Å². The molecule has 1 saturated heterocycles. The van der Waals surface area contributed by atoms with Gasteiger partial charge in [0.2, 0.25) is 11.8 Å². The van der Waals surface area contributed by atoms with E-state index >= 15 is 0 Å². The van der Waals surface area contributed by atoms with Crippen LogP contribution >= 0.6 is 0 Å². The van der Waals surface area contributed by atoms with E-state index in [2.05, 4.69) is 15.1 Å². The first kappa shape index (κ1) is 19.1. The topological polar surface area (TPSA) is 76.1 Å². The van der Waals surface area contributed by atoms with Crippen molar-refractivity contribution >= 4 is 17.5 Å². The lowest BCUT2D eigenvalue weighted by Crippen LogP contribution is -2.51. The summed E-state index contributed by atoms with van der Waals surface area (Å²) in [5, 5.41) is 12.1. The van der Waals surface area contributed by atoms with Crippen molar-refractivity contribution < 1.29 is 14.7 Å². The number of hydrogen-bond acceptors (Lipinski definition) is 5. The van der Waals surface area contributed by atoms with Crippen molar-refractivity contribution in [3.8, 4) is 5.75 Å². The Balaban J connectivity index is 1.81. The molecule has 0 saturated carbocycles. The van der Waals surface area contributed by atoms with Crippen LogP contribution in [-0.4, -0.2) is 79.1 Å². The minimum absolute atomic E-state index is 0.00756. The second-order valence-corrected chi connectivity index (χ2v) is 6.14. The van der Waals surface area contributed by atoms with Crippen LogP contribution in [0, 0.1) is 0 Å². The lowest BCUT2D eigenvalue weighted by atomic mass is 10.2. The van der Waals surface area contributed by atoms with Gasteiger partial charge < -0.3 is 20.2 Å². The molecule has 2 rings (SSSR count). The number of nitrogens with one attached hydrogen (secondary N) is 1. The highest BCUT2D eigenvalue weighted by Gasteiger charge is 2.22. The van der Waals surface area contributed by atoms with Crippen LogP contribution in [0.1, 0.15) is 13.8 Å². The van der Waals surface area contributed by atoms with Crippen LogP contribution in [0.15, 0.2) is 24.3 Å². The van der Waals surface area contributed by atoms with E-state index in [1.807, 2.05) is 26.0 Å². The van der Waals surface area contributed by atoms with Crippen molar-refractivity contribution in [1.29, 1.82) is 0 Å². The van der Waals surface area contributed by atoms with Gasteiger partial charge >= 0.3 is 0 Å². The zero-order valence-electron chi connectivity index (χ0n) is 15.1. The summed E-state index contributed by atoms with van der Waals surface area (Å²) >= 11 is 0. The SMILES string of the molecule is CCNC(=O)CN(CC)C(=O)CN1CCN(c2ccc(O)cc2)CC1. The molecule has 0 bridgehead atoms. The number of rotatable bonds is 7. The Morgan fingerprint density at radius 2 is 1.76 bits per heavy atom. The zero-order chi connectivity index (χ0) is 18.2. The first-order chi connectivity index (χ1) is 12.0. The first-order valence-electron chi connectivity index (χ1n) is 8.84. The molecule has 0 aromatic heterocycles. The summed E-state index contributed by atoms with van der Waals surface area (Å²) in [6, 6.07) is 7.18. The molecule has 2 N–H and O–H groups in total. The molecule has 1 fully saturated rings. The summed E-state index contributed by atoms with van der Waals surface area (Å²) in [4.78, 5) is 30.1. The average molecular weight is 348 g/mol. The molecule has 0 spiro atoms. The minimum atomic E-state index is -0.116. The number of carbonyl (C=O) groups is 2. The van der Waals surface area contributed by atoms with E-state index in [-0.39, 0.29) is 24.1 Å². The number of benzene rings is 1. The van der Waals surface area contributed by atoms with Crippen LogP contribution < -0.4 is 10.2 Å². The third-order valence-corrected chi connectivity index (χ3v) is 4.39. The molecule has 2 amide bonds. The van der Waals surface area contributed by atoms with Crippen molar-refractivity contribution in [2.75, 3.05) is 57.3 Å². The summed E-state index contributed by atoms with van der Waals surface area (Å²) < 4.78 is 0. The van der Waals surface area contributed by atoms with Crippen LogP contribution in [0.3, 0.4) is 0 Å². The monoisotopic (exact) mass is 348 g/mol. The highest BCUT2D eigenvalue weighted by molar-refractivity contribution is 5.85. The summed E-state index contributed by atoms with van der Waals surface area (Å²) in [6.07, 6.45) is 0. The Morgan fingerprint density at radius 3 is 2.32 bits per heavy atom. The maximum absolute atomic E-state index is 12.4. The van der Waals surface area contributed by atoms with E-state index in [0.717, 1.165) is 31.9 Å². The maximum Gasteiger partial charge on any atom is 0.239 e. The molecular formula is C18H28N4O3. The number of hydrogen-bond donors (Lipinski definition) is 2. The maximum atomic E-state index is 12.4. The molecule has 138 valence electrons. The number of amides is 2. The zero-order valence-corrected chi connectivity index (χ0v) is 15.1. The second-order valence-electron chi connectivity index (χ2n) is 6.14. The van der Waals surface area contributed by atoms with Crippen LogP contribution in [0.2, 0.25) is 0 Å². The average Bonchev–Trinajstić information content (AvgIpc) is 2.61. The minimum Gasteiger partial charge on any atom is -0.508 e. The van der Waals surface area contributed by atoms with Gasteiger partial charge in [0.05, 0.1) is 13.1 Å². The van der Waals surface area contributed by atoms with E-state index in [1.165, 1.54) is 0 Å². The quantitative estimate of drug-likeness (QED) is 0.750. The Morgan fingerprint density at radius 1 is 1.12 bits per heavy atom. The summed E-state index contributed by atoms with van der Waals surface area (Å²) in [5.41, 5.74) is 1.08. The van der Waals surface area contributed by atoms with E-state index in [9.17, 15) is 14.7 Å². The normalized spacial score (nSPS) is 15.0. The molecule has 0 atom stereocenters. The molecule has 1 aliphatic heterocycles. The molecule has 1 aromatic rings. The number of anilines is 1. The number of likely N-dealkylation sites (N-methyl/N-ethyl adjacent to an activating group) is 2. The number of phenolic OH excluding ortho intramolecular Hbond substituents is 1. The van der Waals surface area contributed by atoms with Crippen LogP contribution in [-0.2, 0) is 9.59 Å². The summed E-state index contributed by atoms with van der Waals surface area (Å²) in [7, 11) is 0. The molecule has 7 nitrogen and oxygen atoms in total. The molecule has 7 heteroatoms. The van der Waals surface area contributed by atoms with Gasteiger partial charge in [-0.05, 0) is 38.1 Å². The Hall–Kier alpha value is -2.28. The van der Waals surface area contributed by atoms with Crippen molar-refractivity contribution in [2.45, 2.75) is 13.8 Å². The largest absolute Gasteiger partial charge is 0.508 e. The number of nitrogens with zero attached hydrogens (tertiary/aromatic N) is 3. The number of aromatic hydroxyl groups is 1. The molecule has 0 radical (unpaired) electrons. The molecule has 1 heterocycles. The lowest BCUT2D eigenvalue weighted by Gasteiger charge is -2.36. The third kappa shape index (κ3) is 5.63. The predicted octanol–water partition coefficient (Wildman–Crippen LogP) is 0.499. The lowest BCUT2D eigenvalue weighted by molar-refractivity contribution is -0.136. The van der Waals surface area contributed by atoms with Gasteiger partial charge in [0.25, 0.3) is 0 Å². The van der Waals surface area contributed by atoms with Gasteiger partial charge in [-0.2, -0.15) is 0 Å². The van der Waals surface area contributed by atoms with Gasteiger partial charge in [-0.15, -0.1) is 0 Å². The van der Waals surface area contributed by atoms with Crippen LogP contribution in [0.4, 0.5) is 5.69 Å². The van der Waals surface area contributed by atoms with Gasteiger partial charge in [0.1, 0.15) is 5.75 Å². The van der Waals surface area contributed by atoms with Crippen molar-refractivity contribution in [3.05, 3.63) is 24.3 Å². The Kier molecular flexibility index (Phi) is 7.06. The molecule has 0 unspecified atom stereocenters. The molecule has 25 heavy (non-hydrogen) atoms. The predicted molar refractivity (Wildman–Crippen MR) is 97.7 cm³/mol. The Bertz CT molecular complexity index is 568. The highest BCUT2D eigenvalue weighted by atomic mass is 16.3. The molecule has 1 aliphatic rings. The van der Waals surface area contributed by atoms with Gasteiger partial charge in [0, 0.05) is 45.0 Å². The van der Waals surface area contributed by atoms with E-state index in [1.54, 1.807) is 17.0 Å². The summed E-state index contributed by atoms with van der Waals surface area (Å²) in [6.45, 7) is 8.58. The second kappa shape index (κ2) is 9.27.